The lowest BCUT2D eigenvalue weighted by Crippen LogP contribution is -2.25. The maximum atomic E-state index is 10.7. The molecule has 0 unspecified atom stereocenters. The fourth-order valence-electron chi connectivity index (χ4n) is 1.58. The van der Waals surface area contributed by atoms with Crippen LogP contribution in [0.1, 0.15) is 5.56 Å². The Bertz CT molecular complexity index is 461. The highest BCUT2D eigenvalue weighted by Crippen LogP contribution is 2.24. The molecule has 0 spiro atoms. The summed E-state index contributed by atoms with van der Waals surface area (Å²) in [6, 6.07) is 4.23. The molecule has 0 radical (unpaired) electrons. The van der Waals surface area contributed by atoms with Gasteiger partial charge in [0.05, 0.1) is 18.6 Å². The molecule has 0 bridgehead atoms. The zero-order chi connectivity index (χ0) is 13.7. The van der Waals surface area contributed by atoms with Gasteiger partial charge in [-0.25, -0.2) is 0 Å². The van der Waals surface area contributed by atoms with Gasteiger partial charge in [-0.15, -0.1) is 0 Å². The third kappa shape index (κ3) is 3.70. The first kappa shape index (κ1) is 13.9. The number of nitro groups is 1. The Labute approximate surface area is 104 Å². The number of nitrogens with zero attached hydrogens (tertiary/aromatic N) is 2. The number of methoxy groups -OCH3 is 1. The smallest absolute Gasteiger partial charge is 0.317 e. The monoisotopic (exact) mass is 254 g/mol. The van der Waals surface area contributed by atoms with E-state index in [1.165, 1.54) is 30.2 Å². The number of benzene rings is 1. The highest BCUT2D eigenvalue weighted by molar-refractivity contribution is 5.69. The second-order valence-electron chi connectivity index (χ2n) is 3.82. The predicted octanol–water partition coefficient (Wildman–Crippen LogP) is 1.12. The first-order valence-electron chi connectivity index (χ1n) is 5.15. The summed E-state index contributed by atoms with van der Waals surface area (Å²) < 4.78 is 5.09. The van der Waals surface area contributed by atoms with Crippen molar-refractivity contribution in [3.63, 3.8) is 0 Å². The molecule has 7 nitrogen and oxygen atoms in total. The largest absolute Gasteiger partial charge is 0.496 e. The number of rotatable bonds is 6. The normalized spacial score (nSPS) is 10.4. The molecule has 0 saturated heterocycles. The van der Waals surface area contributed by atoms with E-state index in [2.05, 4.69) is 0 Å². The molecular formula is C11H14N2O5. The number of hydrogen-bond acceptors (Lipinski definition) is 5. The molecule has 98 valence electrons. The summed E-state index contributed by atoms with van der Waals surface area (Å²) in [5.41, 5.74) is 0.532. The maximum Gasteiger partial charge on any atom is 0.317 e. The van der Waals surface area contributed by atoms with Crippen molar-refractivity contribution in [2.45, 2.75) is 6.54 Å². The summed E-state index contributed by atoms with van der Waals surface area (Å²) in [6.45, 7) is 0.114. The fourth-order valence-corrected chi connectivity index (χ4v) is 1.58. The van der Waals surface area contributed by atoms with Crippen LogP contribution in [0.4, 0.5) is 5.69 Å². The number of aliphatic carboxylic acids is 1. The number of nitro benzene ring substituents is 1. The highest BCUT2D eigenvalue weighted by atomic mass is 16.6. The van der Waals surface area contributed by atoms with Gasteiger partial charge in [-0.2, -0.15) is 0 Å². The first-order chi connectivity index (χ1) is 8.43. The molecule has 1 N–H and O–H groups in total. The molecule has 1 aromatic rings. The summed E-state index contributed by atoms with van der Waals surface area (Å²) >= 11 is 0. The average Bonchev–Trinajstić information content (AvgIpc) is 2.27. The third-order valence-electron chi connectivity index (χ3n) is 2.32. The lowest BCUT2D eigenvalue weighted by molar-refractivity contribution is -0.384. The van der Waals surface area contributed by atoms with Crippen LogP contribution in [-0.2, 0) is 11.3 Å². The lowest BCUT2D eigenvalue weighted by atomic mass is 10.1. The van der Waals surface area contributed by atoms with Crippen LogP contribution in [0.5, 0.6) is 5.75 Å². The van der Waals surface area contributed by atoms with Crippen molar-refractivity contribution in [1.82, 2.24) is 4.90 Å². The molecule has 0 aliphatic carbocycles. The van der Waals surface area contributed by atoms with Crippen molar-refractivity contribution in [3.05, 3.63) is 33.9 Å². The summed E-state index contributed by atoms with van der Waals surface area (Å²) in [6.07, 6.45) is 0. The van der Waals surface area contributed by atoms with Crippen molar-refractivity contribution in [2.75, 3.05) is 20.7 Å². The van der Waals surface area contributed by atoms with E-state index in [9.17, 15) is 14.9 Å². The summed E-state index contributed by atoms with van der Waals surface area (Å²) in [5, 5.41) is 19.3. The number of carboxylic acid groups (broad SMARTS) is 1. The zero-order valence-corrected chi connectivity index (χ0v) is 10.1. The van der Waals surface area contributed by atoms with Gasteiger partial charge in [0, 0.05) is 24.2 Å². The Morgan fingerprint density at radius 3 is 2.72 bits per heavy atom. The van der Waals surface area contributed by atoms with Crippen LogP contribution in [-0.4, -0.2) is 41.6 Å². The number of likely N-dealkylation sites (N-methyl/N-ethyl adjacent to an activating group) is 1. The minimum absolute atomic E-state index is 0.0467. The van der Waals surface area contributed by atoms with Gasteiger partial charge in [0.25, 0.3) is 5.69 Å². The molecule has 0 aromatic heterocycles. The molecule has 0 aliphatic heterocycles. The number of carbonyl (C=O) groups is 1. The van der Waals surface area contributed by atoms with E-state index < -0.39 is 10.9 Å². The second kappa shape index (κ2) is 5.97. The number of ether oxygens (including phenoxy) is 1. The molecule has 1 aromatic carbocycles. The Hall–Kier alpha value is -2.15. The molecular weight excluding hydrogens is 240 g/mol. The van der Waals surface area contributed by atoms with Gasteiger partial charge >= 0.3 is 5.97 Å². The average molecular weight is 254 g/mol. The van der Waals surface area contributed by atoms with E-state index in [1.807, 2.05) is 0 Å². The number of carboxylic acids is 1. The van der Waals surface area contributed by atoms with Gasteiger partial charge in [0.1, 0.15) is 5.75 Å². The van der Waals surface area contributed by atoms with Gasteiger partial charge in [-0.3, -0.25) is 19.8 Å². The van der Waals surface area contributed by atoms with Crippen LogP contribution in [0, 0.1) is 10.1 Å². The quantitative estimate of drug-likeness (QED) is 0.604. The van der Waals surface area contributed by atoms with Gasteiger partial charge in [-0.1, -0.05) is 0 Å². The van der Waals surface area contributed by atoms with Crippen LogP contribution in [0.25, 0.3) is 0 Å². The van der Waals surface area contributed by atoms with Crippen LogP contribution >= 0.6 is 0 Å². The van der Waals surface area contributed by atoms with Crippen molar-refractivity contribution in [3.8, 4) is 5.75 Å². The zero-order valence-electron chi connectivity index (χ0n) is 10.1. The predicted molar refractivity (Wildman–Crippen MR) is 63.6 cm³/mol. The summed E-state index contributed by atoms with van der Waals surface area (Å²) in [4.78, 5) is 22.3. The number of non-ortho nitro benzene ring substituents is 1. The van der Waals surface area contributed by atoms with E-state index in [4.69, 9.17) is 9.84 Å². The van der Waals surface area contributed by atoms with E-state index in [0.717, 1.165) is 0 Å². The summed E-state index contributed by atoms with van der Waals surface area (Å²) in [7, 11) is 3.08. The van der Waals surface area contributed by atoms with Crippen molar-refractivity contribution in [1.29, 1.82) is 0 Å². The SMILES string of the molecule is COc1ccc([N+](=O)[O-])cc1CN(C)CC(=O)O. The van der Waals surface area contributed by atoms with Crippen LogP contribution in [0.15, 0.2) is 18.2 Å². The van der Waals surface area contributed by atoms with E-state index >= 15 is 0 Å². The Balaban J connectivity index is 2.94. The molecule has 0 atom stereocenters. The van der Waals surface area contributed by atoms with Crippen molar-refractivity contribution >= 4 is 11.7 Å². The minimum Gasteiger partial charge on any atom is -0.496 e. The van der Waals surface area contributed by atoms with E-state index in [-0.39, 0.29) is 18.8 Å². The molecule has 0 amide bonds. The molecule has 1 rings (SSSR count). The van der Waals surface area contributed by atoms with Gasteiger partial charge < -0.3 is 9.84 Å². The fraction of sp³-hybridized carbons (Fsp3) is 0.364. The topological polar surface area (TPSA) is 92.9 Å². The van der Waals surface area contributed by atoms with E-state index in [0.29, 0.717) is 11.3 Å². The number of hydrogen-bond donors (Lipinski definition) is 1. The first-order valence-corrected chi connectivity index (χ1v) is 5.15. The van der Waals surface area contributed by atoms with Gasteiger partial charge in [0.2, 0.25) is 0 Å². The minimum atomic E-state index is -0.957. The molecule has 0 aliphatic rings. The van der Waals surface area contributed by atoms with E-state index in [1.54, 1.807) is 7.05 Å². The van der Waals surface area contributed by atoms with Crippen molar-refractivity contribution in [2.24, 2.45) is 0 Å². The standard InChI is InChI=1S/C11H14N2O5/c1-12(7-11(14)15)6-8-5-9(13(16)17)3-4-10(8)18-2/h3-5H,6-7H2,1-2H3,(H,14,15). The third-order valence-corrected chi connectivity index (χ3v) is 2.32. The van der Waals surface area contributed by atoms with Crippen molar-refractivity contribution < 1.29 is 19.6 Å². The maximum absolute atomic E-state index is 10.7. The Morgan fingerprint density at radius 1 is 1.56 bits per heavy atom. The molecule has 18 heavy (non-hydrogen) atoms. The van der Waals surface area contributed by atoms with Crippen LogP contribution in [0.3, 0.4) is 0 Å². The molecule has 0 saturated carbocycles. The van der Waals surface area contributed by atoms with Gasteiger partial charge in [-0.05, 0) is 13.1 Å². The van der Waals surface area contributed by atoms with Crippen LogP contribution in [0.2, 0.25) is 0 Å². The Morgan fingerprint density at radius 2 is 2.22 bits per heavy atom. The summed E-state index contributed by atoms with van der Waals surface area (Å²) in [5.74, 6) is -0.459. The Kier molecular flexibility index (Phi) is 4.61. The second-order valence-corrected chi connectivity index (χ2v) is 3.82. The lowest BCUT2D eigenvalue weighted by Gasteiger charge is -2.16. The van der Waals surface area contributed by atoms with Crippen LogP contribution < -0.4 is 4.74 Å². The molecule has 0 fully saturated rings. The molecule has 0 heterocycles. The van der Waals surface area contributed by atoms with Gasteiger partial charge in [0.15, 0.2) is 0 Å². The highest BCUT2D eigenvalue weighted by Gasteiger charge is 2.14. The molecule has 7 heteroatoms.